The van der Waals surface area contributed by atoms with Crippen molar-refractivity contribution in [2.24, 2.45) is 0 Å². The summed E-state index contributed by atoms with van der Waals surface area (Å²) < 4.78 is 5.19. The molecule has 2 aromatic rings. The Labute approximate surface area is 145 Å². The normalized spacial score (nSPS) is 21.3. The summed E-state index contributed by atoms with van der Waals surface area (Å²) in [5.41, 5.74) is 3.37. The van der Waals surface area contributed by atoms with E-state index in [1.165, 1.54) is 4.90 Å². The van der Waals surface area contributed by atoms with Crippen LogP contribution in [0.3, 0.4) is 0 Å². The first-order valence-electron chi connectivity index (χ1n) is 8.15. The molecule has 0 saturated carbocycles. The Morgan fingerprint density at radius 3 is 2.64 bits per heavy atom. The van der Waals surface area contributed by atoms with E-state index in [-0.39, 0.29) is 18.0 Å². The van der Waals surface area contributed by atoms with Crippen LogP contribution in [0.25, 0.3) is 0 Å². The van der Waals surface area contributed by atoms with Crippen LogP contribution >= 0.6 is 0 Å². The fourth-order valence-corrected chi connectivity index (χ4v) is 3.90. The molecule has 0 aliphatic carbocycles. The molecular formula is C19H18N2O4. The van der Waals surface area contributed by atoms with Crippen molar-refractivity contribution in [3.63, 3.8) is 0 Å². The van der Waals surface area contributed by atoms with Gasteiger partial charge < -0.3 is 15.2 Å². The van der Waals surface area contributed by atoms with Gasteiger partial charge in [-0.1, -0.05) is 24.3 Å². The molecule has 4 rings (SSSR count). The van der Waals surface area contributed by atoms with E-state index in [1.54, 1.807) is 13.2 Å². The number of carbonyl (C=O) groups is 2. The molecule has 0 radical (unpaired) electrons. The van der Waals surface area contributed by atoms with Gasteiger partial charge in [0, 0.05) is 12.1 Å². The third-order valence-corrected chi connectivity index (χ3v) is 5.04. The lowest BCUT2D eigenvalue weighted by molar-refractivity contribution is 0.0753. The fraction of sp³-hybridized carbons (Fsp3) is 0.263. The molecule has 0 bridgehead atoms. The summed E-state index contributed by atoms with van der Waals surface area (Å²) in [7, 11) is 1.60. The molecular weight excluding hydrogens is 320 g/mol. The van der Waals surface area contributed by atoms with Crippen molar-refractivity contribution in [3.8, 4) is 5.75 Å². The third kappa shape index (κ3) is 2.41. The van der Waals surface area contributed by atoms with Crippen molar-refractivity contribution in [3.05, 3.63) is 64.7 Å². The Morgan fingerprint density at radius 2 is 1.96 bits per heavy atom. The second-order valence-corrected chi connectivity index (χ2v) is 6.29. The molecule has 6 heteroatoms. The summed E-state index contributed by atoms with van der Waals surface area (Å²) in [5.74, 6) is 0.593. The van der Waals surface area contributed by atoms with Gasteiger partial charge in [-0.25, -0.2) is 4.79 Å². The molecule has 0 saturated heterocycles. The minimum atomic E-state index is -0.984. The summed E-state index contributed by atoms with van der Waals surface area (Å²) in [5, 5.41) is 12.7. The first-order chi connectivity index (χ1) is 12.1. The number of carboxylic acid groups (broad SMARTS) is 1. The van der Waals surface area contributed by atoms with E-state index < -0.39 is 6.09 Å². The highest BCUT2D eigenvalue weighted by Crippen LogP contribution is 2.43. The van der Waals surface area contributed by atoms with Crippen LogP contribution in [0.4, 0.5) is 4.79 Å². The van der Waals surface area contributed by atoms with Crippen molar-refractivity contribution in [2.45, 2.75) is 18.5 Å². The number of carbonyl (C=O) groups excluding carboxylic acids is 1. The highest BCUT2D eigenvalue weighted by Gasteiger charge is 2.42. The quantitative estimate of drug-likeness (QED) is 0.882. The van der Waals surface area contributed by atoms with E-state index in [2.05, 4.69) is 5.32 Å². The fourth-order valence-electron chi connectivity index (χ4n) is 3.90. The minimum absolute atomic E-state index is 0.138. The number of ether oxygens (including phenoxy) is 1. The van der Waals surface area contributed by atoms with Gasteiger partial charge >= 0.3 is 6.09 Å². The number of hydrogen-bond donors (Lipinski definition) is 2. The lowest BCUT2D eigenvalue weighted by atomic mass is 9.81. The van der Waals surface area contributed by atoms with Gasteiger partial charge in [0.2, 0.25) is 0 Å². The van der Waals surface area contributed by atoms with Crippen molar-refractivity contribution >= 4 is 12.0 Å². The number of amides is 2. The Balaban J connectivity index is 1.83. The van der Waals surface area contributed by atoms with Crippen LogP contribution in [0, 0.1) is 0 Å². The second-order valence-electron chi connectivity index (χ2n) is 6.29. The van der Waals surface area contributed by atoms with E-state index in [0.717, 1.165) is 22.4 Å². The van der Waals surface area contributed by atoms with Crippen LogP contribution < -0.4 is 10.1 Å². The summed E-state index contributed by atoms with van der Waals surface area (Å²) in [6.07, 6.45) is -0.437. The lowest BCUT2D eigenvalue weighted by Gasteiger charge is -2.44. The largest absolute Gasteiger partial charge is 0.497 e. The first-order valence-corrected chi connectivity index (χ1v) is 8.15. The van der Waals surface area contributed by atoms with Crippen LogP contribution in [0.15, 0.2) is 42.5 Å². The Hall–Kier alpha value is -3.02. The van der Waals surface area contributed by atoms with E-state index in [1.807, 2.05) is 36.4 Å². The molecule has 25 heavy (non-hydrogen) atoms. The monoisotopic (exact) mass is 338 g/mol. The molecule has 128 valence electrons. The highest BCUT2D eigenvalue weighted by molar-refractivity contribution is 5.97. The standard InChI is InChI=1S/C19H18N2O4/c1-25-13-7-5-11(6-8-13)15-9-12-3-2-4-14-17(12)16(10-20-18(14)22)21(15)19(23)24/h2-8,15-16H,9-10H2,1H3,(H,20,22)(H,23,24). The Bertz CT molecular complexity index is 847. The number of nitrogens with zero attached hydrogens (tertiary/aromatic N) is 1. The Morgan fingerprint density at radius 1 is 1.20 bits per heavy atom. The average Bonchev–Trinajstić information content (AvgIpc) is 2.64. The van der Waals surface area contributed by atoms with Gasteiger partial charge in [0.25, 0.3) is 5.91 Å². The zero-order valence-corrected chi connectivity index (χ0v) is 13.7. The van der Waals surface area contributed by atoms with Gasteiger partial charge in [-0.05, 0) is 41.3 Å². The maximum atomic E-state index is 12.1. The van der Waals surface area contributed by atoms with Crippen LogP contribution in [-0.2, 0) is 6.42 Å². The van der Waals surface area contributed by atoms with Crippen molar-refractivity contribution in [1.82, 2.24) is 10.2 Å². The zero-order valence-electron chi connectivity index (χ0n) is 13.7. The lowest BCUT2D eigenvalue weighted by Crippen LogP contribution is -2.49. The average molecular weight is 338 g/mol. The number of rotatable bonds is 2. The number of benzene rings is 2. The van der Waals surface area contributed by atoms with Crippen LogP contribution in [0.2, 0.25) is 0 Å². The maximum absolute atomic E-state index is 12.1. The van der Waals surface area contributed by atoms with Gasteiger partial charge in [0.15, 0.2) is 0 Å². The van der Waals surface area contributed by atoms with Gasteiger partial charge in [0.05, 0.1) is 19.2 Å². The van der Waals surface area contributed by atoms with E-state index in [4.69, 9.17) is 4.74 Å². The van der Waals surface area contributed by atoms with Crippen molar-refractivity contribution in [1.29, 1.82) is 0 Å². The molecule has 0 fully saturated rings. The summed E-state index contributed by atoms with van der Waals surface area (Å²) >= 11 is 0. The molecule has 2 N–H and O–H groups in total. The molecule has 0 aromatic heterocycles. The van der Waals surface area contributed by atoms with E-state index in [0.29, 0.717) is 18.5 Å². The number of nitrogens with one attached hydrogen (secondary N) is 1. The summed E-state index contributed by atoms with van der Waals surface area (Å²) in [6.45, 7) is 0.293. The van der Waals surface area contributed by atoms with Crippen LogP contribution in [-0.4, -0.2) is 35.7 Å². The molecule has 6 nitrogen and oxygen atoms in total. The predicted octanol–water partition coefficient (Wildman–Crippen LogP) is 2.76. The molecule has 2 aliphatic rings. The van der Waals surface area contributed by atoms with Gasteiger partial charge in [-0.15, -0.1) is 0 Å². The molecule has 2 amide bonds. The van der Waals surface area contributed by atoms with Crippen molar-refractivity contribution in [2.75, 3.05) is 13.7 Å². The topological polar surface area (TPSA) is 78.9 Å². The second kappa shape index (κ2) is 5.81. The summed E-state index contributed by atoms with van der Waals surface area (Å²) in [6, 6.07) is 12.4. The van der Waals surface area contributed by atoms with Gasteiger partial charge in [-0.2, -0.15) is 0 Å². The third-order valence-electron chi connectivity index (χ3n) is 5.04. The smallest absolute Gasteiger partial charge is 0.408 e. The number of hydrogen-bond acceptors (Lipinski definition) is 3. The number of methoxy groups -OCH3 is 1. The van der Waals surface area contributed by atoms with Crippen LogP contribution in [0.5, 0.6) is 5.75 Å². The van der Waals surface area contributed by atoms with Crippen LogP contribution in [0.1, 0.15) is 39.1 Å². The maximum Gasteiger partial charge on any atom is 0.408 e. The van der Waals surface area contributed by atoms with E-state index in [9.17, 15) is 14.7 Å². The molecule has 2 atom stereocenters. The first kappa shape index (κ1) is 15.5. The van der Waals surface area contributed by atoms with Crippen molar-refractivity contribution < 1.29 is 19.4 Å². The SMILES string of the molecule is COc1ccc(C2Cc3cccc4c3C(CNC4=O)N2C(=O)O)cc1. The zero-order chi connectivity index (χ0) is 17.6. The molecule has 0 spiro atoms. The van der Waals surface area contributed by atoms with Gasteiger partial charge in [0.1, 0.15) is 5.75 Å². The Kier molecular flexibility index (Phi) is 3.60. The van der Waals surface area contributed by atoms with E-state index >= 15 is 0 Å². The van der Waals surface area contributed by atoms with Gasteiger partial charge in [-0.3, -0.25) is 9.69 Å². The summed E-state index contributed by atoms with van der Waals surface area (Å²) in [4.78, 5) is 25.6. The molecule has 2 heterocycles. The predicted molar refractivity (Wildman–Crippen MR) is 90.8 cm³/mol. The highest BCUT2D eigenvalue weighted by atomic mass is 16.5. The molecule has 2 aromatic carbocycles. The molecule has 2 aliphatic heterocycles. The minimum Gasteiger partial charge on any atom is -0.497 e. The molecule has 2 unspecified atom stereocenters.